The fraction of sp³-hybridized carbons (Fsp3) is 0.702. The molecule has 0 radical (unpaired) electrons. The molecule has 10 aliphatic rings. The zero-order chi connectivity index (χ0) is 44.9. The van der Waals surface area contributed by atoms with Gasteiger partial charge >= 0.3 is 11.9 Å². The largest absolute Gasteiger partial charge is 0.457 e. The monoisotopic (exact) mass is 861 g/mol. The van der Waals surface area contributed by atoms with Gasteiger partial charge in [0, 0.05) is 73.4 Å². The lowest BCUT2D eigenvalue weighted by atomic mass is 9.52. The standard InChI is InChI=1S/C24H31NO8.C23H28O6/c1-10-16(9-25(29)30)21-15-7-6-14-8-23(31-5)17(11(2)20(13(4)26)32-22(23)28)12(3)24(14,33-21)18(15)19(10)27;1-10-8-16-15-7-6-14-9-22(27-5)17(11(2)20(13(4)24)28-21(22)26)12(3)23(14,29-16)18(15)19(10)25/h6-7,10-11,13-16,18,20-21,26H,8-9H2,1-5H3;6-8,11,13-16,18,20,24H,9H2,1-5H3/t10?,11-,13-,14-,15-,16-,18+,20+,21-,23-,24+;11-,13-,14-,15+,16+,18+,20+,22-,23+/m11/s1. The van der Waals surface area contributed by atoms with Crippen molar-refractivity contribution in [3.8, 4) is 0 Å². The van der Waals surface area contributed by atoms with E-state index in [1.807, 2.05) is 52.8 Å². The van der Waals surface area contributed by atoms with Gasteiger partial charge < -0.3 is 38.6 Å². The van der Waals surface area contributed by atoms with Gasteiger partial charge in [-0.05, 0) is 68.6 Å². The van der Waals surface area contributed by atoms with Crippen LogP contribution in [0.3, 0.4) is 0 Å². The first-order valence-electron chi connectivity index (χ1n) is 22.1. The molecular formula is C47H59NO14. The van der Waals surface area contributed by atoms with E-state index in [0.717, 1.165) is 22.3 Å². The second-order valence-corrected chi connectivity index (χ2v) is 19.8. The van der Waals surface area contributed by atoms with Crippen LogP contribution >= 0.6 is 0 Å². The Bertz CT molecular complexity index is 2190. The Morgan fingerprint density at radius 1 is 0.758 bits per heavy atom. The first-order valence-corrected chi connectivity index (χ1v) is 22.1. The molecule has 4 heterocycles. The van der Waals surface area contributed by atoms with E-state index in [1.54, 1.807) is 20.8 Å². The minimum atomic E-state index is -1.32. The van der Waals surface area contributed by atoms with Crippen LogP contribution in [-0.2, 0) is 47.6 Å². The number of ether oxygens (including phenoxy) is 6. The van der Waals surface area contributed by atoms with Gasteiger partial charge in [-0.15, -0.1) is 0 Å². The fourth-order valence-electron chi connectivity index (χ4n) is 14.5. The van der Waals surface area contributed by atoms with Gasteiger partial charge in [0.2, 0.25) is 6.54 Å². The van der Waals surface area contributed by atoms with Crippen molar-refractivity contribution in [2.75, 3.05) is 20.8 Å². The third kappa shape index (κ3) is 5.26. The molecule has 10 rings (SSSR count). The zero-order valence-corrected chi connectivity index (χ0v) is 37.0. The van der Waals surface area contributed by atoms with E-state index >= 15 is 0 Å². The van der Waals surface area contributed by atoms with Crippen molar-refractivity contribution in [3.63, 3.8) is 0 Å². The van der Waals surface area contributed by atoms with Crippen molar-refractivity contribution in [1.29, 1.82) is 0 Å². The predicted molar refractivity (Wildman–Crippen MR) is 218 cm³/mol. The van der Waals surface area contributed by atoms with E-state index in [2.05, 4.69) is 12.2 Å². The summed E-state index contributed by atoms with van der Waals surface area (Å²) in [5.41, 5.74) is -0.369. The first-order chi connectivity index (χ1) is 29.2. The maximum atomic E-state index is 13.7. The van der Waals surface area contributed by atoms with Crippen LogP contribution in [-0.4, -0.2) is 118 Å². The molecular weight excluding hydrogens is 803 g/mol. The Morgan fingerprint density at radius 2 is 1.24 bits per heavy atom. The van der Waals surface area contributed by atoms with Gasteiger partial charge in [0.05, 0.1) is 42.2 Å². The summed E-state index contributed by atoms with van der Waals surface area (Å²) in [6, 6.07) is 0. The molecule has 0 aromatic rings. The predicted octanol–water partition coefficient (Wildman–Crippen LogP) is 3.82. The van der Waals surface area contributed by atoms with Gasteiger partial charge in [0.1, 0.15) is 29.2 Å². The van der Waals surface area contributed by atoms with Crippen molar-refractivity contribution in [2.24, 2.45) is 59.2 Å². The molecule has 20 atom stereocenters. The highest BCUT2D eigenvalue weighted by molar-refractivity contribution is 6.00. The lowest BCUT2D eigenvalue weighted by Crippen LogP contribution is -2.64. The van der Waals surface area contributed by atoms with Crippen molar-refractivity contribution >= 4 is 23.5 Å². The number of hydrogen-bond acceptors (Lipinski definition) is 14. The molecule has 0 aromatic carbocycles. The molecule has 5 fully saturated rings. The highest BCUT2D eigenvalue weighted by Gasteiger charge is 2.74. The number of cyclic esters (lactones) is 2. The number of hydrogen-bond donors (Lipinski definition) is 2. The zero-order valence-electron chi connectivity index (χ0n) is 37.0. The number of rotatable bonds is 6. The molecule has 2 spiro atoms. The number of aliphatic hydroxyl groups excluding tert-OH is 2. The molecule has 4 saturated heterocycles. The Hall–Kier alpha value is -3.86. The lowest BCUT2D eigenvalue weighted by Gasteiger charge is -2.55. The quantitative estimate of drug-likeness (QED) is 0.169. The normalized spacial score (nSPS) is 48.7. The number of aliphatic hydroxyl groups is 2. The van der Waals surface area contributed by atoms with Crippen LogP contribution in [0.1, 0.15) is 68.2 Å². The summed E-state index contributed by atoms with van der Waals surface area (Å²) in [7, 11) is 3.01. The Morgan fingerprint density at radius 3 is 1.71 bits per heavy atom. The minimum Gasteiger partial charge on any atom is -0.457 e. The molecule has 8 bridgehead atoms. The highest BCUT2D eigenvalue weighted by Crippen LogP contribution is 2.66. The number of fused-ring (bicyclic) bond motifs is 2. The van der Waals surface area contributed by atoms with E-state index in [-0.39, 0.29) is 77.0 Å². The fourth-order valence-corrected chi connectivity index (χ4v) is 14.5. The maximum Gasteiger partial charge on any atom is 0.343 e. The molecule has 6 aliphatic carbocycles. The van der Waals surface area contributed by atoms with Crippen LogP contribution in [0.4, 0.5) is 0 Å². The molecule has 15 nitrogen and oxygen atoms in total. The summed E-state index contributed by atoms with van der Waals surface area (Å²) in [6.45, 7) is 14.2. The van der Waals surface area contributed by atoms with E-state index in [4.69, 9.17) is 28.4 Å². The topological polar surface area (TPSA) is 207 Å². The molecule has 4 aliphatic heterocycles. The van der Waals surface area contributed by atoms with E-state index in [9.17, 15) is 39.5 Å². The number of Topliss-reactive ketones (excluding diaryl/α,β-unsaturated/α-hetero) is 2. The Kier molecular flexibility index (Phi) is 10.0. The summed E-state index contributed by atoms with van der Waals surface area (Å²) in [6.07, 6.45) is 7.01. The number of nitrogens with zero attached hydrogens (tertiary/aromatic N) is 1. The van der Waals surface area contributed by atoms with E-state index in [0.29, 0.717) is 12.0 Å². The SMILES string of the molecule is CO[C@]12C[C@H]3C=C[C@H]4[C@@H]5C=C(C)C(=O)[C@H]4[C@]3(O5)C(C)=C1[C@@H](C)[C@@H]([C@@H](C)O)OC2=O.CO[C@]12C[C@H]3C=C[C@H]4[C@H]5O[C@]3(C(C)=C1[C@@H](C)[C@@H]([C@@H](C)O)OC2=O)[C@@H]4C(=O)C(C)[C@H]5C[N+](=O)[O-]. The van der Waals surface area contributed by atoms with E-state index < -0.39 is 82.6 Å². The number of nitro groups is 1. The van der Waals surface area contributed by atoms with Crippen LogP contribution in [0.25, 0.3) is 0 Å². The average Bonchev–Trinajstić information content (AvgIpc) is 3.50. The van der Waals surface area contributed by atoms with Crippen molar-refractivity contribution in [1.82, 2.24) is 0 Å². The van der Waals surface area contributed by atoms with Crippen molar-refractivity contribution < 1.29 is 62.7 Å². The second kappa shape index (κ2) is 14.3. The van der Waals surface area contributed by atoms with Crippen LogP contribution < -0.4 is 0 Å². The molecule has 15 heteroatoms. The number of ketones is 2. The highest BCUT2D eigenvalue weighted by atomic mass is 16.6. The van der Waals surface area contributed by atoms with Crippen LogP contribution in [0.2, 0.25) is 0 Å². The Balaban J connectivity index is 0.000000159. The first kappa shape index (κ1) is 43.4. The van der Waals surface area contributed by atoms with Gasteiger partial charge in [-0.1, -0.05) is 45.1 Å². The second-order valence-electron chi connectivity index (χ2n) is 19.8. The van der Waals surface area contributed by atoms with Gasteiger partial charge in [-0.2, -0.15) is 0 Å². The molecule has 2 N–H and O–H groups in total. The van der Waals surface area contributed by atoms with Gasteiger partial charge in [-0.25, -0.2) is 9.59 Å². The summed E-state index contributed by atoms with van der Waals surface area (Å²) >= 11 is 0. The lowest BCUT2D eigenvalue weighted by molar-refractivity contribution is -0.492. The number of carbonyl (C=O) groups is 4. The minimum absolute atomic E-state index is 0.0158. The van der Waals surface area contributed by atoms with Gasteiger partial charge in [-0.3, -0.25) is 19.7 Å². The summed E-state index contributed by atoms with van der Waals surface area (Å²) in [5, 5.41) is 31.9. The molecule has 336 valence electrons. The average molecular weight is 862 g/mol. The maximum absolute atomic E-state index is 13.7. The van der Waals surface area contributed by atoms with Crippen LogP contribution in [0.15, 0.2) is 58.2 Å². The summed E-state index contributed by atoms with van der Waals surface area (Å²) in [5.74, 6) is -3.95. The number of methoxy groups -OCH3 is 2. The van der Waals surface area contributed by atoms with Crippen LogP contribution in [0, 0.1) is 69.3 Å². The molecule has 0 aromatic heterocycles. The van der Waals surface area contributed by atoms with E-state index in [1.165, 1.54) is 14.2 Å². The molecule has 1 unspecified atom stereocenters. The van der Waals surface area contributed by atoms with Gasteiger partial charge in [0.15, 0.2) is 17.0 Å². The van der Waals surface area contributed by atoms with Crippen molar-refractivity contribution in [2.45, 2.75) is 127 Å². The summed E-state index contributed by atoms with van der Waals surface area (Å²) in [4.78, 5) is 64.4. The van der Waals surface area contributed by atoms with Crippen LogP contribution in [0.5, 0.6) is 0 Å². The van der Waals surface area contributed by atoms with Gasteiger partial charge in [0.25, 0.3) is 0 Å². The smallest absolute Gasteiger partial charge is 0.343 e. The number of allylic oxidation sites excluding steroid dienone is 1. The number of esters is 2. The molecule has 1 saturated carbocycles. The molecule has 62 heavy (non-hydrogen) atoms. The van der Waals surface area contributed by atoms with Crippen molar-refractivity contribution in [3.05, 3.63) is 68.4 Å². The summed E-state index contributed by atoms with van der Waals surface area (Å²) < 4.78 is 36.5. The Labute approximate surface area is 361 Å². The third-order valence-corrected chi connectivity index (χ3v) is 17.2. The number of carbonyl (C=O) groups excluding carboxylic acids is 4. The third-order valence-electron chi connectivity index (χ3n) is 17.2. The molecule has 0 amide bonds.